The van der Waals surface area contributed by atoms with E-state index in [2.05, 4.69) is 13.8 Å². The lowest BCUT2D eigenvalue weighted by Crippen LogP contribution is -2.09. The molecule has 1 aromatic carbocycles. The number of hydrogen-bond donors (Lipinski definition) is 1. The fourth-order valence-electron chi connectivity index (χ4n) is 1.11. The Morgan fingerprint density at radius 2 is 2.21 bits per heavy atom. The van der Waals surface area contributed by atoms with Crippen LogP contribution in [0.4, 0.5) is 0 Å². The highest BCUT2D eigenvalue weighted by molar-refractivity contribution is 5.68. The van der Waals surface area contributed by atoms with Gasteiger partial charge in [0.05, 0.1) is 0 Å². The van der Waals surface area contributed by atoms with Gasteiger partial charge < -0.3 is 9.84 Å². The summed E-state index contributed by atoms with van der Waals surface area (Å²) < 4.78 is 5.06. The third kappa shape index (κ3) is 3.09. The Labute approximate surface area is 83.3 Å². The minimum absolute atomic E-state index is 0.290. The van der Waals surface area contributed by atoms with Crippen molar-refractivity contribution >= 4 is 5.97 Å². The zero-order chi connectivity index (χ0) is 10.6. The van der Waals surface area contributed by atoms with Gasteiger partial charge in [-0.25, -0.2) is 4.79 Å². The molecule has 3 nitrogen and oxygen atoms in total. The normalized spacial score (nSPS) is 10.2. The molecule has 0 unspecified atom stereocenters. The first-order chi connectivity index (χ1) is 6.59. The number of ether oxygens (including phenoxy) is 1. The first kappa shape index (κ1) is 10.6. The molecule has 0 aromatic heterocycles. The number of hydrogen-bond acceptors (Lipinski definition) is 2. The second kappa shape index (κ2) is 4.65. The molecule has 0 radical (unpaired) electrons. The van der Waals surface area contributed by atoms with E-state index in [1.807, 2.05) is 18.2 Å². The molecule has 0 spiro atoms. The van der Waals surface area contributed by atoms with Crippen molar-refractivity contribution in [2.75, 3.05) is 6.61 Å². The number of carboxylic acid groups (broad SMARTS) is 1. The third-order valence-corrected chi connectivity index (χ3v) is 1.89. The Hall–Kier alpha value is -1.51. The molecule has 0 heterocycles. The van der Waals surface area contributed by atoms with Gasteiger partial charge in [-0.3, -0.25) is 0 Å². The highest BCUT2D eigenvalue weighted by atomic mass is 16.5. The second-order valence-electron chi connectivity index (χ2n) is 3.41. The van der Waals surface area contributed by atoms with Gasteiger partial charge in [-0.15, -0.1) is 0 Å². The first-order valence-corrected chi connectivity index (χ1v) is 4.54. The van der Waals surface area contributed by atoms with Crippen molar-refractivity contribution in [3.63, 3.8) is 0 Å². The van der Waals surface area contributed by atoms with E-state index in [-0.39, 0.29) is 6.61 Å². The molecule has 0 aliphatic rings. The van der Waals surface area contributed by atoms with Crippen LogP contribution in [0, 0.1) is 0 Å². The van der Waals surface area contributed by atoms with Crippen molar-refractivity contribution in [3.8, 4) is 5.75 Å². The van der Waals surface area contributed by atoms with Gasteiger partial charge in [-0.2, -0.15) is 0 Å². The Kier molecular flexibility index (Phi) is 3.51. The molecule has 0 aliphatic carbocycles. The maximum atomic E-state index is 10.3. The molecule has 3 heteroatoms. The quantitative estimate of drug-likeness (QED) is 0.799. The van der Waals surface area contributed by atoms with Crippen LogP contribution in [0.2, 0.25) is 0 Å². The van der Waals surface area contributed by atoms with E-state index in [1.165, 1.54) is 0 Å². The summed E-state index contributed by atoms with van der Waals surface area (Å²) in [6.07, 6.45) is 0. The zero-order valence-electron chi connectivity index (χ0n) is 8.36. The minimum atomic E-state index is -0.958. The molecule has 0 aliphatic heterocycles. The van der Waals surface area contributed by atoms with Gasteiger partial charge in [-0.05, 0) is 23.6 Å². The smallest absolute Gasteiger partial charge is 0.341 e. The molecule has 1 N–H and O–H groups in total. The van der Waals surface area contributed by atoms with Gasteiger partial charge in [-0.1, -0.05) is 26.0 Å². The fraction of sp³-hybridized carbons (Fsp3) is 0.364. The molecular weight excluding hydrogens is 180 g/mol. The van der Waals surface area contributed by atoms with Crippen LogP contribution in [0.1, 0.15) is 25.3 Å². The van der Waals surface area contributed by atoms with Crippen LogP contribution < -0.4 is 4.74 Å². The van der Waals surface area contributed by atoms with Gasteiger partial charge in [0.2, 0.25) is 0 Å². The summed E-state index contributed by atoms with van der Waals surface area (Å²) in [5, 5.41) is 8.43. The van der Waals surface area contributed by atoms with Crippen LogP contribution in [-0.2, 0) is 4.79 Å². The van der Waals surface area contributed by atoms with Crippen molar-refractivity contribution in [2.45, 2.75) is 19.8 Å². The van der Waals surface area contributed by atoms with Gasteiger partial charge in [0, 0.05) is 0 Å². The number of aliphatic carboxylic acids is 1. The molecule has 0 saturated carbocycles. The van der Waals surface area contributed by atoms with Crippen LogP contribution in [0.5, 0.6) is 5.75 Å². The molecule has 1 rings (SSSR count). The summed E-state index contributed by atoms with van der Waals surface area (Å²) in [5.74, 6) is 0.0712. The van der Waals surface area contributed by atoms with E-state index >= 15 is 0 Å². The van der Waals surface area contributed by atoms with E-state index in [0.29, 0.717) is 11.7 Å². The van der Waals surface area contributed by atoms with E-state index in [9.17, 15) is 4.79 Å². The molecule has 0 atom stereocenters. The first-order valence-electron chi connectivity index (χ1n) is 4.54. The fourth-order valence-corrected chi connectivity index (χ4v) is 1.11. The molecular formula is C11H14O3. The van der Waals surface area contributed by atoms with E-state index in [0.717, 1.165) is 5.56 Å². The lowest BCUT2D eigenvalue weighted by molar-refractivity contribution is -0.139. The van der Waals surface area contributed by atoms with E-state index in [1.54, 1.807) is 6.07 Å². The molecule has 0 saturated heterocycles. The summed E-state index contributed by atoms with van der Waals surface area (Å²) in [6, 6.07) is 7.49. The second-order valence-corrected chi connectivity index (χ2v) is 3.41. The summed E-state index contributed by atoms with van der Waals surface area (Å²) in [6.45, 7) is 3.87. The van der Waals surface area contributed by atoms with Crippen molar-refractivity contribution < 1.29 is 14.6 Å². The lowest BCUT2D eigenvalue weighted by atomic mass is 10.0. The third-order valence-electron chi connectivity index (χ3n) is 1.89. The van der Waals surface area contributed by atoms with Gasteiger partial charge in [0.15, 0.2) is 6.61 Å². The van der Waals surface area contributed by atoms with Crippen molar-refractivity contribution in [1.82, 2.24) is 0 Å². The maximum Gasteiger partial charge on any atom is 0.341 e. The Bertz CT molecular complexity index is 318. The molecule has 0 bridgehead atoms. The van der Waals surface area contributed by atoms with Gasteiger partial charge in [0.25, 0.3) is 0 Å². The number of benzene rings is 1. The average molecular weight is 194 g/mol. The molecule has 76 valence electrons. The minimum Gasteiger partial charge on any atom is -0.482 e. The van der Waals surface area contributed by atoms with Crippen molar-refractivity contribution in [3.05, 3.63) is 29.8 Å². The summed E-state index contributed by atoms with van der Waals surface area (Å²) in [4.78, 5) is 10.3. The molecule has 14 heavy (non-hydrogen) atoms. The number of carboxylic acids is 1. The topological polar surface area (TPSA) is 46.5 Å². The Balaban J connectivity index is 2.68. The van der Waals surface area contributed by atoms with E-state index in [4.69, 9.17) is 9.84 Å². The van der Waals surface area contributed by atoms with Crippen LogP contribution in [0.3, 0.4) is 0 Å². The Morgan fingerprint density at radius 1 is 1.50 bits per heavy atom. The monoisotopic (exact) mass is 194 g/mol. The van der Waals surface area contributed by atoms with Gasteiger partial charge in [0.1, 0.15) is 5.75 Å². The summed E-state index contributed by atoms with van der Waals surface area (Å²) in [7, 11) is 0. The lowest BCUT2D eigenvalue weighted by Gasteiger charge is -2.08. The average Bonchev–Trinajstić information content (AvgIpc) is 2.15. The molecule has 0 amide bonds. The van der Waals surface area contributed by atoms with Crippen molar-refractivity contribution in [1.29, 1.82) is 0 Å². The summed E-state index contributed by atoms with van der Waals surface area (Å²) >= 11 is 0. The highest BCUT2D eigenvalue weighted by Crippen LogP contribution is 2.19. The predicted molar refractivity (Wildman–Crippen MR) is 53.7 cm³/mol. The zero-order valence-corrected chi connectivity index (χ0v) is 8.36. The predicted octanol–water partition coefficient (Wildman–Crippen LogP) is 2.27. The van der Waals surface area contributed by atoms with Crippen LogP contribution >= 0.6 is 0 Å². The number of carbonyl (C=O) groups is 1. The standard InChI is InChI=1S/C11H14O3/c1-8(2)9-4-3-5-10(6-9)14-7-11(12)13/h3-6,8H,7H2,1-2H3,(H,12,13). The maximum absolute atomic E-state index is 10.3. The number of rotatable bonds is 4. The van der Waals surface area contributed by atoms with Gasteiger partial charge >= 0.3 is 5.97 Å². The van der Waals surface area contributed by atoms with Crippen LogP contribution in [0.15, 0.2) is 24.3 Å². The highest BCUT2D eigenvalue weighted by Gasteiger charge is 2.02. The molecule has 0 fully saturated rings. The largest absolute Gasteiger partial charge is 0.482 e. The van der Waals surface area contributed by atoms with Crippen molar-refractivity contribution in [2.24, 2.45) is 0 Å². The summed E-state index contributed by atoms with van der Waals surface area (Å²) in [5.41, 5.74) is 1.15. The van der Waals surface area contributed by atoms with Crippen LogP contribution in [-0.4, -0.2) is 17.7 Å². The SMILES string of the molecule is CC(C)c1cccc(OCC(=O)O)c1. The molecule has 1 aromatic rings. The van der Waals surface area contributed by atoms with E-state index < -0.39 is 5.97 Å². The van der Waals surface area contributed by atoms with Crippen LogP contribution in [0.25, 0.3) is 0 Å². The Morgan fingerprint density at radius 3 is 2.79 bits per heavy atom.